The number of amides is 1. The number of thioether (sulfide) groups is 1. The normalized spacial score (nSPS) is 15.6. The van der Waals surface area contributed by atoms with E-state index < -0.39 is 0 Å². The minimum atomic E-state index is -0.0335. The quantitative estimate of drug-likeness (QED) is 0.347. The maximum Gasteiger partial charge on any atom is 0.266 e. The van der Waals surface area contributed by atoms with Crippen LogP contribution in [0.4, 0.5) is 0 Å². The summed E-state index contributed by atoms with van der Waals surface area (Å²) in [6, 6.07) is 16.0. The molecule has 1 saturated heterocycles. The molecule has 2 aromatic rings. The molecule has 1 aliphatic heterocycles. The second-order valence-electron chi connectivity index (χ2n) is 6.52. The van der Waals surface area contributed by atoms with Crippen molar-refractivity contribution in [2.75, 3.05) is 6.61 Å². The second kappa shape index (κ2) is 9.20. The first kappa shape index (κ1) is 19.6. The summed E-state index contributed by atoms with van der Waals surface area (Å²) in [5.74, 6) is 0.821. The average Bonchev–Trinajstić information content (AvgIpc) is 2.92. The van der Waals surface area contributed by atoms with E-state index in [9.17, 15) is 4.79 Å². The van der Waals surface area contributed by atoms with Crippen LogP contribution in [0, 0.1) is 6.92 Å². The Hall–Kier alpha value is -2.11. The third-order valence-electron chi connectivity index (χ3n) is 4.28. The van der Waals surface area contributed by atoms with Crippen LogP contribution in [0.25, 0.3) is 6.08 Å². The maximum atomic E-state index is 12.8. The van der Waals surface area contributed by atoms with Crippen molar-refractivity contribution < 1.29 is 9.53 Å². The number of rotatable bonds is 7. The molecule has 1 fully saturated rings. The molecular weight excluding hydrogens is 374 g/mol. The number of unbranched alkanes of at least 4 members (excludes halogenated alkanes) is 1. The van der Waals surface area contributed by atoms with E-state index in [1.54, 1.807) is 4.90 Å². The lowest BCUT2D eigenvalue weighted by Crippen LogP contribution is -2.27. The molecule has 0 N–H and O–H groups in total. The molecule has 0 atom stereocenters. The van der Waals surface area contributed by atoms with Gasteiger partial charge in [-0.1, -0.05) is 79.3 Å². The highest BCUT2D eigenvalue weighted by Gasteiger charge is 2.31. The van der Waals surface area contributed by atoms with Crippen LogP contribution in [0.15, 0.2) is 53.4 Å². The van der Waals surface area contributed by atoms with Gasteiger partial charge in [-0.25, -0.2) is 0 Å². The second-order valence-corrected chi connectivity index (χ2v) is 8.20. The first-order valence-electron chi connectivity index (χ1n) is 9.10. The summed E-state index contributed by atoms with van der Waals surface area (Å²) in [7, 11) is 0. The van der Waals surface area contributed by atoms with E-state index in [1.165, 1.54) is 17.3 Å². The molecule has 2 aromatic carbocycles. The molecule has 0 unspecified atom stereocenters. The maximum absolute atomic E-state index is 12.8. The molecule has 27 heavy (non-hydrogen) atoms. The molecule has 0 radical (unpaired) electrons. The Morgan fingerprint density at radius 3 is 2.48 bits per heavy atom. The Bertz CT molecular complexity index is 842. The predicted molar refractivity (Wildman–Crippen MR) is 117 cm³/mol. The van der Waals surface area contributed by atoms with E-state index in [2.05, 4.69) is 6.92 Å². The standard InChI is InChI=1S/C22H23NO2S2/c1-3-4-13-25-19-11-9-17(10-12-19)14-20-21(24)23(22(26)27-20)15-18-7-5-16(2)6-8-18/h5-12,14H,3-4,13,15H2,1-2H3/b20-14+. The van der Waals surface area contributed by atoms with E-state index >= 15 is 0 Å². The van der Waals surface area contributed by atoms with Crippen LogP contribution in [-0.4, -0.2) is 21.7 Å². The number of hydrogen-bond donors (Lipinski definition) is 0. The van der Waals surface area contributed by atoms with Gasteiger partial charge in [0.15, 0.2) is 0 Å². The van der Waals surface area contributed by atoms with Gasteiger partial charge in [0.1, 0.15) is 10.1 Å². The number of carbonyl (C=O) groups excluding carboxylic acids is 1. The van der Waals surface area contributed by atoms with Crippen LogP contribution in [-0.2, 0) is 11.3 Å². The number of thiocarbonyl (C=S) groups is 1. The topological polar surface area (TPSA) is 29.5 Å². The monoisotopic (exact) mass is 397 g/mol. The van der Waals surface area contributed by atoms with Crippen molar-refractivity contribution in [2.45, 2.75) is 33.2 Å². The van der Waals surface area contributed by atoms with Crippen molar-refractivity contribution in [2.24, 2.45) is 0 Å². The highest BCUT2D eigenvalue weighted by molar-refractivity contribution is 8.26. The summed E-state index contributed by atoms with van der Waals surface area (Å²) in [5, 5.41) is 0. The lowest BCUT2D eigenvalue weighted by molar-refractivity contribution is -0.122. The highest BCUT2D eigenvalue weighted by Crippen LogP contribution is 2.33. The third kappa shape index (κ3) is 5.21. The molecule has 1 heterocycles. The first-order chi connectivity index (χ1) is 13.1. The van der Waals surface area contributed by atoms with Gasteiger partial charge in [-0.05, 0) is 42.7 Å². The Labute approximate surface area is 170 Å². The average molecular weight is 398 g/mol. The van der Waals surface area contributed by atoms with Crippen LogP contribution < -0.4 is 4.74 Å². The smallest absolute Gasteiger partial charge is 0.266 e. The molecule has 0 aromatic heterocycles. The van der Waals surface area contributed by atoms with Gasteiger partial charge < -0.3 is 4.74 Å². The fourth-order valence-corrected chi connectivity index (χ4v) is 3.91. The Kier molecular flexibility index (Phi) is 6.69. The van der Waals surface area contributed by atoms with E-state index in [1.807, 2.05) is 61.5 Å². The lowest BCUT2D eigenvalue weighted by Gasteiger charge is -2.14. The molecule has 3 nitrogen and oxygen atoms in total. The molecule has 0 saturated carbocycles. The van der Waals surface area contributed by atoms with E-state index in [0.29, 0.717) is 15.8 Å². The van der Waals surface area contributed by atoms with Gasteiger partial charge >= 0.3 is 0 Å². The Morgan fingerprint density at radius 2 is 1.81 bits per heavy atom. The van der Waals surface area contributed by atoms with Crippen molar-refractivity contribution in [1.29, 1.82) is 0 Å². The number of benzene rings is 2. The predicted octanol–water partition coefficient (Wildman–Crippen LogP) is 5.58. The van der Waals surface area contributed by atoms with Crippen LogP contribution in [0.1, 0.15) is 36.5 Å². The highest BCUT2D eigenvalue weighted by atomic mass is 32.2. The SMILES string of the molecule is CCCCOc1ccc(/C=C2/SC(=S)N(Cc3ccc(C)cc3)C2=O)cc1. The summed E-state index contributed by atoms with van der Waals surface area (Å²) in [6.45, 7) is 5.42. The molecular formula is C22H23NO2S2. The van der Waals surface area contributed by atoms with Crippen LogP contribution in [0.3, 0.4) is 0 Å². The molecule has 5 heteroatoms. The van der Waals surface area contributed by atoms with Gasteiger partial charge in [0.2, 0.25) is 0 Å². The number of nitrogens with zero attached hydrogens (tertiary/aromatic N) is 1. The lowest BCUT2D eigenvalue weighted by atomic mass is 10.1. The molecule has 0 spiro atoms. The molecule has 0 bridgehead atoms. The summed E-state index contributed by atoms with van der Waals surface area (Å²) in [5.41, 5.74) is 3.24. The van der Waals surface area contributed by atoms with Crippen molar-refractivity contribution in [3.63, 3.8) is 0 Å². The van der Waals surface area contributed by atoms with Crippen LogP contribution in [0.2, 0.25) is 0 Å². The van der Waals surface area contributed by atoms with Crippen molar-refractivity contribution in [3.05, 3.63) is 70.1 Å². The van der Waals surface area contributed by atoms with Gasteiger partial charge in [-0.3, -0.25) is 9.69 Å². The van der Waals surface area contributed by atoms with Gasteiger partial charge in [-0.15, -0.1) is 0 Å². The molecule has 0 aliphatic carbocycles. The molecule has 3 rings (SSSR count). The Balaban J connectivity index is 1.67. The van der Waals surface area contributed by atoms with E-state index in [4.69, 9.17) is 17.0 Å². The zero-order valence-electron chi connectivity index (χ0n) is 15.6. The zero-order chi connectivity index (χ0) is 19.2. The number of carbonyl (C=O) groups is 1. The van der Waals surface area contributed by atoms with Gasteiger partial charge in [-0.2, -0.15) is 0 Å². The van der Waals surface area contributed by atoms with Crippen molar-refractivity contribution in [3.8, 4) is 5.75 Å². The molecule has 1 aliphatic rings. The molecule has 1 amide bonds. The number of hydrogen-bond acceptors (Lipinski definition) is 4. The third-order valence-corrected chi connectivity index (χ3v) is 5.66. The largest absolute Gasteiger partial charge is 0.494 e. The zero-order valence-corrected chi connectivity index (χ0v) is 17.2. The van der Waals surface area contributed by atoms with Gasteiger partial charge in [0, 0.05) is 0 Å². The molecule has 140 valence electrons. The number of aryl methyl sites for hydroxylation is 1. The number of ether oxygens (including phenoxy) is 1. The first-order valence-corrected chi connectivity index (χ1v) is 10.3. The van der Waals surface area contributed by atoms with E-state index in [0.717, 1.165) is 36.3 Å². The van der Waals surface area contributed by atoms with Crippen LogP contribution >= 0.6 is 24.0 Å². The van der Waals surface area contributed by atoms with Gasteiger partial charge in [0.05, 0.1) is 18.1 Å². The van der Waals surface area contributed by atoms with Crippen LogP contribution in [0.5, 0.6) is 5.75 Å². The van der Waals surface area contributed by atoms with E-state index in [-0.39, 0.29) is 5.91 Å². The fourth-order valence-electron chi connectivity index (χ4n) is 2.66. The summed E-state index contributed by atoms with van der Waals surface area (Å²) >= 11 is 6.78. The summed E-state index contributed by atoms with van der Waals surface area (Å²) in [4.78, 5) is 15.1. The summed E-state index contributed by atoms with van der Waals surface area (Å²) < 4.78 is 6.28. The van der Waals surface area contributed by atoms with Gasteiger partial charge in [0.25, 0.3) is 5.91 Å². The minimum absolute atomic E-state index is 0.0335. The van der Waals surface area contributed by atoms with Crippen molar-refractivity contribution in [1.82, 2.24) is 4.90 Å². The fraction of sp³-hybridized carbons (Fsp3) is 0.273. The summed E-state index contributed by atoms with van der Waals surface area (Å²) in [6.07, 6.45) is 4.05. The minimum Gasteiger partial charge on any atom is -0.494 e. The van der Waals surface area contributed by atoms with Crippen molar-refractivity contribution >= 4 is 40.3 Å². The Morgan fingerprint density at radius 1 is 1.11 bits per heavy atom.